The van der Waals surface area contributed by atoms with Gasteiger partial charge < -0.3 is 10.1 Å². The van der Waals surface area contributed by atoms with E-state index in [9.17, 15) is 13.2 Å². The predicted octanol–water partition coefficient (Wildman–Crippen LogP) is 3.92. The number of carbonyl (C=O) groups is 1. The number of methoxy groups -OCH3 is 1. The fourth-order valence-electron chi connectivity index (χ4n) is 2.86. The third kappa shape index (κ3) is 6.73. The molecule has 0 aliphatic carbocycles. The van der Waals surface area contributed by atoms with Crippen molar-refractivity contribution >= 4 is 27.5 Å². The van der Waals surface area contributed by atoms with E-state index in [-0.39, 0.29) is 22.8 Å². The van der Waals surface area contributed by atoms with Crippen LogP contribution in [0.15, 0.2) is 53.4 Å². The fourth-order valence-corrected chi connectivity index (χ4v) is 4.27. The minimum atomic E-state index is -3.87. The monoisotopic (exact) mass is 438 g/mol. The average Bonchev–Trinajstić information content (AvgIpc) is 2.67. The van der Waals surface area contributed by atoms with Crippen molar-refractivity contribution in [1.82, 2.24) is 10.0 Å². The Balaban J connectivity index is 2.17. The molecule has 0 heterocycles. The Labute approximate surface area is 177 Å². The van der Waals surface area contributed by atoms with Gasteiger partial charge in [0.1, 0.15) is 11.8 Å². The standard InChI is InChI=1S/C21H27ClN2O4S/c1-14(2)12-20(21(25)23-15(3)16-6-5-7-17(22)13-16)24-29(26,27)19-10-8-18(28-4)9-11-19/h5-11,13-15,20,24H,12H2,1-4H3,(H,23,25). The number of carbonyl (C=O) groups excluding carboxylic acids is 1. The summed E-state index contributed by atoms with van der Waals surface area (Å²) in [4.78, 5) is 12.9. The van der Waals surface area contributed by atoms with Gasteiger partial charge in [0.05, 0.1) is 18.0 Å². The van der Waals surface area contributed by atoms with Crippen molar-refractivity contribution in [1.29, 1.82) is 0 Å². The van der Waals surface area contributed by atoms with Crippen LogP contribution in [0.4, 0.5) is 0 Å². The number of hydrogen-bond acceptors (Lipinski definition) is 4. The summed E-state index contributed by atoms with van der Waals surface area (Å²) >= 11 is 6.02. The van der Waals surface area contributed by atoms with Crippen LogP contribution in [0, 0.1) is 5.92 Å². The second-order valence-corrected chi connectivity index (χ2v) is 9.41. The molecule has 0 radical (unpaired) electrons. The third-order valence-electron chi connectivity index (χ3n) is 4.40. The van der Waals surface area contributed by atoms with E-state index in [2.05, 4.69) is 10.0 Å². The lowest BCUT2D eigenvalue weighted by molar-refractivity contribution is -0.123. The van der Waals surface area contributed by atoms with Crippen molar-refractivity contribution in [3.05, 3.63) is 59.1 Å². The zero-order valence-corrected chi connectivity index (χ0v) is 18.5. The van der Waals surface area contributed by atoms with Gasteiger partial charge in [-0.15, -0.1) is 0 Å². The molecule has 2 rings (SSSR count). The first-order valence-corrected chi connectivity index (χ1v) is 11.2. The van der Waals surface area contributed by atoms with Crippen molar-refractivity contribution in [2.75, 3.05) is 7.11 Å². The van der Waals surface area contributed by atoms with E-state index in [1.807, 2.05) is 26.8 Å². The van der Waals surface area contributed by atoms with Gasteiger partial charge in [0.2, 0.25) is 15.9 Å². The number of nitrogens with one attached hydrogen (secondary N) is 2. The third-order valence-corrected chi connectivity index (χ3v) is 6.12. The lowest BCUT2D eigenvalue weighted by Crippen LogP contribution is -2.47. The van der Waals surface area contributed by atoms with E-state index in [1.165, 1.54) is 19.2 Å². The Bertz CT molecular complexity index is 930. The van der Waals surface area contributed by atoms with Crippen LogP contribution >= 0.6 is 11.6 Å². The summed E-state index contributed by atoms with van der Waals surface area (Å²) in [5, 5.41) is 3.45. The van der Waals surface area contributed by atoms with Crippen LogP contribution in [0.2, 0.25) is 5.02 Å². The van der Waals surface area contributed by atoms with Gasteiger partial charge >= 0.3 is 0 Å². The molecule has 0 aliphatic rings. The minimum absolute atomic E-state index is 0.0720. The summed E-state index contributed by atoms with van der Waals surface area (Å²) in [6, 6.07) is 12.0. The molecular weight excluding hydrogens is 412 g/mol. The largest absolute Gasteiger partial charge is 0.497 e. The molecule has 1 amide bonds. The van der Waals surface area contributed by atoms with Crippen LogP contribution < -0.4 is 14.8 Å². The molecule has 6 nitrogen and oxygen atoms in total. The predicted molar refractivity (Wildman–Crippen MR) is 115 cm³/mol. The molecule has 0 fully saturated rings. The quantitative estimate of drug-likeness (QED) is 0.621. The second-order valence-electron chi connectivity index (χ2n) is 7.26. The van der Waals surface area contributed by atoms with Crippen LogP contribution in [0.3, 0.4) is 0 Å². The molecule has 0 saturated heterocycles. The summed E-state index contributed by atoms with van der Waals surface area (Å²) in [6.07, 6.45) is 0.365. The van der Waals surface area contributed by atoms with Crippen molar-refractivity contribution < 1.29 is 17.9 Å². The van der Waals surface area contributed by atoms with E-state index in [0.717, 1.165) is 5.56 Å². The smallest absolute Gasteiger partial charge is 0.241 e. The topological polar surface area (TPSA) is 84.5 Å². The summed E-state index contributed by atoms with van der Waals surface area (Å²) in [6.45, 7) is 5.69. The summed E-state index contributed by atoms with van der Waals surface area (Å²) in [7, 11) is -2.36. The lowest BCUT2D eigenvalue weighted by Gasteiger charge is -2.23. The molecule has 29 heavy (non-hydrogen) atoms. The Morgan fingerprint density at radius 2 is 1.76 bits per heavy atom. The number of halogens is 1. The molecule has 2 unspecified atom stereocenters. The molecule has 8 heteroatoms. The van der Waals surface area contributed by atoms with Crippen LogP contribution in [-0.2, 0) is 14.8 Å². The molecule has 0 spiro atoms. The maximum atomic E-state index is 12.9. The van der Waals surface area contributed by atoms with Gasteiger partial charge in [-0.25, -0.2) is 8.42 Å². The molecule has 2 N–H and O–H groups in total. The maximum Gasteiger partial charge on any atom is 0.241 e. The van der Waals surface area contributed by atoms with E-state index in [1.54, 1.807) is 30.3 Å². The van der Waals surface area contributed by atoms with Gasteiger partial charge in [-0.05, 0) is 61.2 Å². The maximum absolute atomic E-state index is 12.9. The Hall–Kier alpha value is -2.09. The number of benzene rings is 2. The highest BCUT2D eigenvalue weighted by atomic mass is 35.5. The molecular formula is C21H27ClN2O4S. The van der Waals surface area contributed by atoms with Crippen LogP contribution in [-0.4, -0.2) is 27.5 Å². The molecule has 0 aromatic heterocycles. The number of hydrogen-bond donors (Lipinski definition) is 2. The first kappa shape index (κ1) is 23.2. The number of amides is 1. The van der Waals surface area contributed by atoms with Gasteiger partial charge in [0, 0.05) is 5.02 Å². The zero-order chi connectivity index (χ0) is 21.6. The zero-order valence-electron chi connectivity index (χ0n) is 17.0. The molecule has 158 valence electrons. The highest BCUT2D eigenvalue weighted by Crippen LogP contribution is 2.19. The number of ether oxygens (including phenoxy) is 1. The first-order chi connectivity index (χ1) is 13.6. The average molecular weight is 439 g/mol. The van der Waals surface area contributed by atoms with Crippen LogP contribution in [0.1, 0.15) is 38.8 Å². The number of rotatable bonds is 9. The molecule has 0 saturated carbocycles. The fraction of sp³-hybridized carbons (Fsp3) is 0.381. The van der Waals surface area contributed by atoms with Crippen molar-refractivity contribution in [2.24, 2.45) is 5.92 Å². The van der Waals surface area contributed by atoms with E-state index < -0.39 is 16.1 Å². The van der Waals surface area contributed by atoms with Crippen LogP contribution in [0.25, 0.3) is 0 Å². The Kier molecular flexibility index (Phi) is 8.07. The Morgan fingerprint density at radius 1 is 1.10 bits per heavy atom. The number of sulfonamides is 1. The van der Waals surface area contributed by atoms with Gasteiger partial charge in [0.15, 0.2) is 0 Å². The van der Waals surface area contributed by atoms with Gasteiger partial charge in [0.25, 0.3) is 0 Å². The summed E-state index contributed by atoms with van der Waals surface area (Å²) in [5.41, 5.74) is 0.840. The van der Waals surface area contributed by atoms with Crippen LogP contribution in [0.5, 0.6) is 5.75 Å². The van der Waals surface area contributed by atoms with E-state index in [0.29, 0.717) is 17.2 Å². The van der Waals surface area contributed by atoms with E-state index in [4.69, 9.17) is 16.3 Å². The van der Waals surface area contributed by atoms with Gasteiger partial charge in [-0.1, -0.05) is 37.6 Å². The molecule has 0 aliphatic heterocycles. The van der Waals surface area contributed by atoms with Crippen molar-refractivity contribution in [3.8, 4) is 5.75 Å². The normalized spacial score (nSPS) is 13.7. The molecule has 2 aromatic rings. The van der Waals surface area contributed by atoms with Crippen molar-refractivity contribution in [3.63, 3.8) is 0 Å². The lowest BCUT2D eigenvalue weighted by atomic mass is 10.0. The second kappa shape index (κ2) is 10.1. The summed E-state index contributed by atoms with van der Waals surface area (Å²) < 4.78 is 33.2. The van der Waals surface area contributed by atoms with Crippen molar-refractivity contribution in [2.45, 2.75) is 44.2 Å². The molecule has 2 atom stereocenters. The minimum Gasteiger partial charge on any atom is -0.497 e. The summed E-state index contributed by atoms with van der Waals surface area (Å²) in [5.74, 6) is 0.282. The molecule has 2 aromatic carbocycles. The highest BCUT2D eigenvalue weighted by Gasteiger charge is 2.27. The van der Waals surface area contributed by atoms with Gasteiger partial charge in [-0.2, -0.15) is 4.72 Å². The highest BCUT2D eigenvalue weighted by molar-refractivity contribution is 7.89. The molecule has 0 bridgehead atoms. The SMILES string of the molecule is COc1ccc(S(=O)(=O)NC(CC(C)C)C(=O)NC(C)c2cccc(Cl)c2)cc1. The van der Waals surface area contributed by atoms with E-state index >= 15 is 0 Å². The Morgan fingerprint density at radius 3 is 2.31 bits per heavy atom. The first-order valence-electron chi connectivity index (χ1n) is 9.34. The van der Waals surface area contributed by atoms with Gasteiger partial charge in [-0.3, -0.25) is 4.79 Å².